The zero-order chi connectivity index (χ0) is 12.7. The zero-order valence-electron chi connectivity index (χ0n) is 10.7. The van der Waals surface area contributed by atoms with E-state index in [0.717, 1.165) is 12.5 Å². The number of terminal acetylenes is 1. The van der Waals surface area contributed by atoms with Crippen LogP contribution in [-0.2, 0) is 9.53 Å². The van der Waals surface area contributed by atoms with Gasteiger partial charge >= 0.3 is 0 Å². The summed E-state index contributed by atoms with van der Waals surface area (Å²) >= 11 is 0. The molecule has 0 aromatic carbocycles. The third kappa shape index (κ3) is 5.20. The first-order valence-electron chi connectivity index (χ1n) is 6.12. The Kier molecular flexibility index (Phi) is 6.03. The van der Waals surface area contributed by atoms with Gasteiger partial charge in [-0.05, 0) is 25.7 Å². The molecule has 1 atom stereocenters. The fraction of sp³-hybridized carbons (Fsp3) is 0.769. The minimum atomic E-state index is -0.00782. The van der Waals surface area contributed by atoms with E-state index >= 15 is 0 Å². The second kappa shape index (κ2) is 7.31. The molecule has 0 spiro atoms. The van der Waals surface area contributed by atoms with Crippen LogP contribution < -0.4 is 5.32 Å². The van der Waals surface area contributed by atoms with Gasteiger partial charge in [0.15, 0.2) is 0 Å². The van der Waals surface area contributed by atoms with E-state index < -0.39 is 0 Å². The summed E-state index contributed by atoms with van der Waals surface area (Å²) in [6.07, 6.45) is 7.66. The third-order valence-corrected chi connectivity index (χ3v) is 3.20. The molecule has 0 radical (unpaired) electrons. The average molecular weight is 238 g/mol. The van der Waals surface area contributed by atoms with Gasteiger partial charge in [0.25, 0.3) is 0 Å². The Morgan fingerprint density at radius 3 is 2.88 bits per heavy atom. The van der Waals surface area contributed by atoms with Crippen LogP contribution in [0.25, 0.3) is 0 Å². The second-order valence-corrected chi connectivity index (χ2v) is 4.52. The van der Waals surface area contributed by atoms with Crippen molar-refractivity contribution in [3.63, 3.8) is 0 Å². The number of rotatable bonds is 8. The highest BCUT2D eigenvalue weighted by atomic mass is 16.5. The van der Waals surface area contributed by atoms with Gasteiger partial charge in [0.05, 0.1) is 19.7 Å². The summed E-state index contributed by atoms with van der Waals surface area (Å²) in [6.45, 7) is 4.33. The Morgan fingerprint density at radius 1 is 1.65 bits per heavy atom. The lowest BCUT2D eigenvalue weighted by Gasteiger charge is -2.28. The van der Waals surface area contributed by atoms with E-state index in [-0.39, 0.29) is 5.91 Å². The van der Waals surface area contributed by atoms with Crippen LogP contribution in [0.3, 0.4) is 0 Å². The topological polar surface area (TPSA) is 41.6 Å². The lowest BCUT2D eigenvalue weighted by atomic mass is 10.2. The molecule has 0 aromatic rings. The van der Waals surface area contributed by atoms with E-state index in [1.54, 1.807) is 7.11 Å². The maximum atomic E-state index is 11.6. The predicted molar refractivity (Wildman–Crippen MR) is 67.5 cm³/mol. The number of amides is 1. The highest BCUT2D eigenvalue weighted by Gasteiger charge is 2.32. The van der Waals surface area contributed by atoms with Gasteiger partial charge in [-0.1, -0.05) is 5.92 Å². The van der Waals surface area contributed by atoms with Crippen LogP contribution in [0.1, 0.15) is 19.8 Å². The Hall–Kier alpha value is -1.05. The molecule has 1 N–H and O–H groups in total. The van der Waals surface area contributed by atoms with Crippen molar-refractivity contribution in [2.75, 3.05) is 33.4 Å². The van der Waals surface area contributed by atoms with Gasteiger partial charge in [-0.3, -0.25) is 9.69 Å². The van der Waals surface area contributed by atoms with Crippen molar-refractivity contribution in [1.29, 1.82) is 0 Å². The Balaban J connectivity index is 2.38. The first-order chi connectivity index (χ1) is 8.19. The van der Waals surface area contributed by atoms with Gasteiger partial charge in [-0.2, -0.15) is 0 Å². The number of nitrogens with one attached hydrogen (secondary N) is 1. The molecule has 1 fully saturated rings. The largest absolute Gasteiger partial charge is 0.383 e. The molecular weight excluding hydrogens is 216 g/mol. The fourth-order valence-electron chi connectivity index (χ4n) is 1.90. The molecule has 1 rings (SSSR count). The van der Waals surface area contributed by atoms with Crippen molar-refractivity contribution in [3.05, 3.63) is 0 Å². The quantitative estimate of drug-likeness (QED) is 0.626. The van der Waals surface area contributed by atoms with Gasteiger partial charge in [0, 0.05) is 19.7 Å². The smallest absolute Gasteiger partial charge is 0.234 e. The van der Waals surface area contributed by atoms with Gasteiger partial charge in [-0.25, -0.2) is 0 Å². The molecule has 0 aliphatic heterocycles. The van der Waals surface area contributed by atoms with Crippen LogP contribution in [0.15, 0.2) is 0 Å². The minimum Gasteiger partial charge on any atom is -0.383 e. The number of hydrogen-bond acceptors (Lipinski definition) is 3. The Labute approximate surface area is 104 Å². The van der Waals surface area contributed by atoms with E-state index in [2.05, 4.69) is 23.1 Å². The summed E-state index contributed by atoms with van der Waals surface area (Å²) < 4.78 is 5.08. The maximum absolute atomic E-state index is 11.6. The van der Waals surface area contributed by atoms with Crippen LogP contribution in [0.2, 0.25) is 0 Å². The maximum Gasteiger partial charge on any atom is 0.234 e. The molecule has 1 saturated carbocycles. The van der Waals surface area contributed by atoms with Crippen LogP contribution in [0.5, 0.6) is 0 Å². The Morgan fingerprint density at radius 2 is 2.35 bits per heavy atom. The number of carbonyl (C=O) groups excluding carboxylic acids is 1. The van der Waals surface area contributed by atoms with E-state index in [1.165, 1.54) is 12.8 Å². The molecule has 17 heavy (non-hydrogen) atoms. The monoisotopic (exact) mass is 238 g/mol. The number of nitrogens with zero attached hydrogens (tertiary/aromatic N) is 1. The first kappa shape index (κ1) is 14.0. The van der Waals surface area contributed by atoms with Crippen LogP contribution >= 0.6 is 0 Å². The number of methoxy groups -OCH3 is 1. The summed E-state index contributed by atoms with van der Waals surface area (Å²) in [6, 6.07) is 0.446. The summed E-state index contributed by atoms with van der Waals surface area (Å²) in [4.78, 5) is 13.8. The normalized spacial score (nSPS) is 16.6. The predicted octanol–water partition coefficient (Wildman–Crippen LogP) is 0.483. The number of hydrogen-bond donors (Lipinski definition) is 1. The molecule has 4 nitrogen and oxygen atoms in total. The molecule has 1 unspecified atom stereocenters. The molecule has 0 heterocycles. The van der Waals surface area contributed by atoms with E-state index in [0.29, 0.717) is 25.7 Å². The molecule has 0 saturated heterocycles. The minimum absolute atomic E-state index is 0.00782. The van der Waals surface area contributed by atoms with Crippen LogP contribution in [0, 0.1) is 18.3 Å². The van der Waals surface area contributed by atoms with Gasteiger partial charge < -0.3 is 10.1 Å². The van der Waals surface area contributed by atoms with E-state index in [4.69, 9.17) is 11.2 Å². The standard InChI is InChI=1S/C13H22N2O2/c1-4-7-14-13(16)10-15(8-9-17-3)11(2)12-5-6-12/h1,11-12H,5-10H2,2-3H3,(H,14,16). The van der Waals surface area contributed by atoms with Crippen molar-refractivity contribution in [2.45, 2.75) is 25.8 Å². The molecule has 0 bridgehead atoms. The lowest BCUT2D eigenvalue weighted by molar-refractivity contribution is -0.122. The van der Waals surface area contributed by atoms with E-state index in [1.807, 2.05) is 0 Å². The third-order valence-electron chi connectivity index (χ3n) is 3.20. The lowest BCUT2D eigenvalue weighted by Crippen LogP contribution is -2.44. The number of carbonyl (C=O) groups is 1. The summed E-state index contributed by atoms with van der Waals surface area (Å²) in [5.41, 5.74) is 0. The van der Waals surface area contributed by atoms with Crippen LogP contribution in [-0.4, -0.2) is 50.2 Å². The van der Waals surface area contributed by atoms with Crippen molar-refractivity contribution >= 4 is 5.91 Å². The molecule has 4 heteroatoms. The van der Waals surface area contributed by atoms with Crippen LogP contribution in [0.4, 0.5) is 0 Å². The summed E-state index contributed by atoms with van der Waals surface area (Å²) in [7, 11) is 1.68. The van der Waals surface area contributed by atoms with Crippen molar-refractivity contribution in [3.8, 4) is 12.3 Å². The summed E-state index contributed by atoms with van der Waals surface area (Å²) in [5.74, 6) is 3.14. The molecular formula is C13H22N2O2. The first-order valence-corrected chi connectivity index (χ1v) is 6.12. The molecule has 1 aliphatic rings. The van der Waals surface area contributed by atoms with Gasteiger partial charge in [-0.15, -0.1) is 6.42 Å². The summed E-state index contributed by atoms with van der Waals surface area (Å²) in [5, 5.41) is 2.70. The average Bonchev–Trinajstić information content (AvgIpc) is 3.15. The van der Waals surface area contributed by atoms with Crippen molar-refractivity contribution in [1.82, 2.24) is 10.2 Å². The molecule has 1 amide bonds. The fourth-order valence-corrected chi connectivity index (χ4v) is 1.90. The highest BCUT2D eigenvalue weighted by molar-refractivity contribution is 5.78. The van der Waals surface area contributed by atoms with E-state index in [9.17, 15) is 4.79 Å². The number of ether oxygens (including phenoxy) is 1. The van der Waals surface area contributed by atoms with Crippen molar-refractivity contribution < 1.29 is 9.53 Å². The van der Waals surface area contributed by atoms with Gasteiger partial charge in [0.1, 0.15) is 0 Å². The van der Waals surface area contributed by atoms with Gasteiger partial charge in [0.2, 0.25) is 5.91 Å². The molecule has 96 valence electrons. The molecule has 0 aromatic heterocycles. The second-order valence-electron chi connectivity index (χ2n) is 4.52. The highest BCUT2D eigenvalue weighted by Crippen LogP contribution is 2.34. The zero-order valence-corrected chi connectivity index (χ0v) is 10.7. The Bertz CT molecular complexity index is 282. The molecule has 1 aliphatic carbocycles. The van der Waals surface area contributed by atoms with Crippen molar-refractivity contribution in [2.24, 2.45) is 5.92 Å². The SMILES string of the molecule is C#CCNC(=O)CN(CCOC)C(C)C1CC1.